The van der Waals surface area contributed by atoms with Crippen LogP contribution in [0.25, 0.3) is 0 Å². The number of carbonyl (C=O) groups is 1. The highest BCUT2D eigenvalue weighted by Crippen LogP contribution is 2.40. The van der Waals surface area contributed by atoms with Crippen LogP contribution in [0.3, 0.4) is 0 Å². The zero-order chi connectivity index (χ0) is 15.5. The Morgan fingerprint density at radius 3 is 2.71 bits per heavy atom. The molecular weight excluding hydrogens is 272 g/mol. The number of ether oxygens (including phenoxy) is 1. The van der Waals surface area contributed by atoms with Crippen LogP contribution < -0.4 is 4.74 Å². The van der Waals surface area contributed by atoms with Gasteiger partial charge in [-0.15, -0.1) is 0 Å². The van der Waals surface area contributed by atoms with Gasteiger partial charge in [0, 0.05) is 5.97 Å². The highest BCUT2D eigenvalue weighted by molar-refractivity contribution is 6.67. The molecule has 0 bridgehead atoms. The molecule has 110 valence electrons. The van der Waals surface area contributed by atoms with E-state index in [2.05, 4.69) is 5.97 Å². The number of benzene rings is 1. The fourth-order valence-electron chi connectivity index (χ4n) is 2.97. The van der Waals surface area contributed by atoms with Gasteiger partial charge in [0.15, 0.2) is 11.6 Å². The minimum Gasteiger partial charge on any atom is -0.494 e. The number of methoxy groups -OCH3 is 1. The summed E-state index contributed by atoms with van der Waals surface area (Å²) in [5, 5.41) is 18.5. The maximum atomic E-state index is 13.4. The summed E-state index contributed by atoms with van der Waals surface area (Å²) in [7, 11) is 1.38. The van der Waals surface area contributed by atoms with Crippen LogP contribution in [0.5, 0.6) is 5.75 Å². The first-order chi connectivity index (χ1) is 10.0. The zero-order valence-electron chi connectivity index (χ0n) is 11.9. The van der Waals surface area contributed by atoms with Crippen molar-refractivity contribution in [1.82, 2.24) is 0 Å². The summed E-state index contributed by atoms with van der Waals surface area (Å²) in [6.45, 7) is -0.0553. The molecule has 1 N–H and O–H groups in total. The van der Waals surface area contributed by atoms with Crippen LogP contribution in [0.15, 0.2) is 18.2 Å². The van der Waals surface area contributed by atoms with E-state index < -0.39 is 17.2 Å². The molecular formula is C15H17BFNO3. The lowest BCUT2D eigenvalue weighted by atomic mass is 9.39. The van der Waals surface area contributed by atoms with Crippen LogP contribution in [-0.4, -0.2) is 24.9 Å². The van der Waals surface area contributed by atoms with E-state index in [1.54, 1.807) is 12.1 Å². The van der Waals surface area contributed by atoms with Crippen LogP contribution in [0.4, 0.5) is 4.39 Å². The van der Waals surface area contributed by atoms with Gasteiger partial charge in [0.2, 0.25) is 0 Å². The number of carboxylic acid groups (broad SMARTS) is 1. The molecule has 0 unspecified atom stereocenters. The fourth-order valence-corrected chi connectivity index (χ4v) is 2.97. The van der Waals surface area contributed by atoms with Crippen molar-refractivity contribution in [2.45, 2.75) is 31.9 Å². The number of carboxylic acids is 1. The van der Waals surface area contributed by atoms with Crippen molar-refractivity contribution in [3.63, 3.8) is 0 Å². The molecule has 0 aliphatic carbocycles. The monoisotopic (exact) mass is 289 g/mol. The van der Waals surface area contributed by atoms with Gasteiger partial charge in [0.25, 0.3) is 6.71 Å². The van der Waals surface area contributed by atoms with Crippen LogP contribution in [0, 0.1) is 22.5 Å². The van der Waals surface area contributed by atoms with Crippen molar-refractivity contribution in [3.8, 4) is 11.7 Å². The standard InChI is InChI=1S/C15H17BFNO3/c1-21-13-8-11(2-3-12(13)17)9-15(14(19)20)4-6-16(10-18)7-5-15/h2-3,8H,4-7,9H2,1H3,(H,19,20). The van der Waals surface area contributed by atoms with Gasteiger partial charge < -0.3 is 9.84 Å². The van der Waals surface area contributed by atoms with Gasteiger partial charge in [-0.05, 0) is 37.0 Å². The molecule has 0 spiro atoms. The Bertz CT molecular complexity index is 577. The van der Waals surface area contributed by atoms with Gasteiger partial charge in [-0.1, -0.05) is 18.7 Å². The van der Waals surface area contributed by atoms with Crippen molar-refractivity contribution >= 4 is 12.7 Å². The fraction of sp³-hybridized carbons (Fsp3) is 0.467. The molecule has 21 heavy (non-hydrogen) atoms. The van der Waals surface area contributed by atoms with Crippen molar-refractivity contribution in [3.05, 3.63) is 29.6 Å². The molecule has 0 radical (unpaired) electrons. The Labute approximate surface area is 123 Å². The third-order valence-corrected chi connectivity index (χ3v) is 4.34. The highest BCUT2D eigenvalue weighted by atomic mass is 19.1. The summed E-state index contributed by atoms with van der Waals surface area (Å²) in [6, 6.07) is 4.44. The maximum absolute atomic E-state index is 13.4. The molecule has 1 aromatic carbocycles. The first-order valence-corrected chi connectivity index (χ1v) is 6.96. The lowest BCUT2D eigenvalue weighted by molar-refractivity contribution is -0.149. The predicted molar refractivity (Wildman–Crippen MR) is 76.9 cm³/mol. The van der Waals surface area contributed by atoms with Gasteiger partial charge in [0.1, 0.15) is 0 Å². The van der Waals surface area contributed by atoms with E-state index in [-0.39, 0.29) is 12.5 Å². The first-order valence-electron chi connectivity index (χ1n) is 6.96. The minimum atomic E-state index is -0.865. The molecule has 1 fully saturated rings. The minimum absolute atomic E-state index is 0.0553. The number of rotatable bonds is 4. The molecule has 0 atom stereocenters. The summed E-state index contributed by atoms with van der Waals surface area (Å²) in [5.41, 5.74) is -0.123. The maximum Gasteiger partial charge on any atom is 0.309 e. The van der Waals surface area contributed by atoms with E-state index in [9.17, 15) is 14.3 Å². The number of nitriles is 1. The Hall–Kier alpha value is -2.03. The van der Waals surface area contributed by atoms with Crippen LogP contribution in [0.2, 0.25) is 12.6 Å². The topological polar surface area (TPSA) is 70.3 Å². The van der Waals surface area contributed by atoms with Crippen molar-refractivity contribution < 1.29 is 19.0 Å². The molecule has 6 heteroatoms. The number of nitrogens with zero attached hydrogens (tertiary/aromatic N) is 1. The second-order valence-corrected chi connectivity index (χ2v) is 5.63. The Balaban J connectivity index is 2.22. The van der Waals surface area contributed by atoms with Gasteiger partial charge in [-0.2, -0.15) is 0 Å². The zero-order valence-corrected chi connectivity index (χ0v) is 11.9. The average Bonchev–Trinajstić information content (AvgIpc) is 2.49. The van der Waals surface area contributed by atoms with Gasteiger partial charge >= 0.3 is 5.97 Å². The summed E-state index contributed by atoms with van der Waals surface area (Å²) in [4.78, 5) is 11.7. The average molecular weight is 289 g/mol. The normalized spacial score (nSPS) is 17.1. The van der Waals surface area contributed by atoms with Gasteiger partial charge in [-0.25, -0.2) is 9.65 Å². The summed E-state index contributed by atoms with van der Waals surface area (Å²) in [5.74, 6) is 1.03. The van der Waals surface area contributed by atoms with E-state index in [0.29, 0.717) is 31.9 Å². The van der Waals surface area contributed by atoms with E-state index in [4.69, 9.17) is 10.00 Å². The third-order valence-electron chi connectivity index (χ3n) is 4.34. The first kappa shape index (κ1) is 15.4. The summed E-state index contributed by atoms with van der Waals surface area (Å²) < 4.78 is 18.4. The van der Waals surface area contributed by atoms with Crippen LogP contribution in [-0.2, 0) is 11.2 Å². The molecule has 2 rings (SSSR count). The molecule has 1 saturated heterocycles. The van der Waals surface area contributed by atoms with Gasteiger partial charge in [-0.3, -0.25) is 4.79 Å². The van der Waals surface area contributed by atoms with E-state index in [1.165, 1.54) is 13.2 Å². The molecule has 1 heterocycles. The van der Waals surface area contributed by atoms with E-state index >= 15 is 0 Å². The molecule has 1 aliphatic rings. The van der Waals surface area contributed by atoms with E-state index in [0.717, 1.165) is 5.56 Å². The summed E-state index contributed by atoms with van der Waals surface area (Å²) in [6.07, 6.45) is 2.47. The summed E-state index contributed by atoms with van der Waals surface area (Å²) >= 11 is 0. The van der Waals surface area contributed by atoms with Crippen molar-refractivity contribution in [2.24, 2.45) is 5.41 Å². The smallest absolute Gasteiger partial charge is 0.309 e. The van der Waals surface area contributed by atoms with Crippen LogP contribution >= 0.6 is 0 Å². The van der Waals surface area contributed by atoms with E-state index in [1.807, 2.05) is 0 Å². The van der Waals surface area contributed by atoms with Gasteiger partial charge in [0.05, 0.1) is 12.5 Å². The quantitative estimate of drug-likeness (QED) is 0.865. The second-order valence-electron chi connectivity index (χ2n) is 5.63. The van der Waals surface area contributed by atoms with Crippen molar-refractivity contribution in [2.75, 3.05) is 7.11 Å². The lowest BCUT2D eigenvalue weighted by Gasteiger charge is -2.34. The Morgan fingerprint density at radius 2 is 2.19 bits per heavy atom. The van der Waals surface area contributed by atoms with Crippen molar-refractivity contribution in [1.29, 1.82) is 5.26 Å². The third kappa shape index (κ3) is 3.18. The molecule has 4 nitrogen and oxygen atoms in total. The highest BCUT2D eigenvalue weighted by Gasteiger charge is 2.43. The SMILES string of the molecule is COc1cc(CC2(C(=O)O)CCB(C#N)CC2)ccc1F. The largest absolute Gasteiger partial charge is 0.494 e. The Morgan fingerprint density at radius 1 is 1.52 bits per heavy atom. The molecule has 0 saturated carbocycles. The lowest BCUT2D eigenvalue weighted by Crippen LogP contribution is -2.39. The molecule has 0 amide bonds. The number of halogens is 1. The second kappa shape index (κ2) is 6.17. The number of hydrogen-bond donors (Lipinski definition) is 1. The predicted octanol–water partition coefficient (Wildman–Crippen LogP) is 2.80. The molecule has 1 aliphatic heterocycles. The molecule has 1 aromatic rings. The number of hydrogen-bond acceptors (Lipinski definition) is 3. The molecule has 0 aromatic heterocycles. The Kier molecular flexibility index (Phi) is 4.51. The van der Waals surface area contributed by atoms with Crippen LogP contribution in [0.1, 0.15) is 18.4 Å². The number of aliphatic carboxylic acids is 1.